The van der Waals surface area contributed by atoms with Crippen LogP contribution in [-0.2, 0) is 0 Å². The maximum Gasteiger partial charge on any atom is 0.102 e. The summed E-state index contributed by atoms with van der Waals surface area (Å²) in [6, 6.07) is 4.63. The van der Waals surface area contributed by atoms with Crippen molar-refractivity contribution in [2.75, 3.05) is 23.0 Å². The Labute approximate surface area is 174 Å². The van der Waals surface area contributed by atoms with Crippen LogP contribution in [-0.4, -0.2) is 23.0 Å². The van der Waals surface area contributed by atoms with Crippen LogP contribution >= 0.6 is 94.1 Å². The lowest BCUT2D eigenvalue weighted by molar-refractivity contribution is 1.44. The summed E-state index contributed by atoms with van der Waals surface area (Å²) in [4.78, 5) is 0. The summed E-state index contributed by atoms with van der Waals surface area (Å²) in [6.45, 7) is 0. The first-order valence-corrected chi connectivity index (χ1v) is 14.0. The first kappa shape index (κ1) is 18.1. The average Bonchev–Trinajstić information content (AvgIpc) is 3.22. The Hall–Kier alpha value is 0.740. The van der Waals surface area contributed by atoms with Crippen LogP contribution in [0.5, 0.6) is 0 Å². The second-order valence-electron chi connectivity index (χ2n) is 4.50. The van der Waals surface area contributed by atoms with Crippen molar-refractivity contribution >= 4 is 94.1 Å². The predicted octanol–water partition coefficient (Wildman–Crippen LogP) is 6.63. The van der Waals surface area contributed by atoms with Crippen molar-refractivity contribution in [3.05, 3.63) is 36.6 Å². The van der Waals surface area contributed by atoms with Gasteiger partial charge in [-0.15, -0.1) is 47.0 Å². The van der Waals surface area contributed by atoms with Gasteiger partial charge in [-0.05, 0) is 0 Å². The van der Waals surface area contributed by atoms with Crippen LogP contribution in [0.2, 0.25) is 0 Å². The van der Waals surface area contributed by atoms with Crippen molar-refractivity contribution in [2.24, 2.45) is 0 Å². The second-order valence-corrected chi connectivity index (χ2v) is 14.6. The molecule has 0 aromatic rings. The first-order valence-electron chi connectivity index (χ1n) is 6.80. The predicted molar refractivity (Wildman–Crippen MR) is 120 cm³/mol. The molecule has 0 amide bonds. The molecular weight excluding hydrogens is 453 g/mol. The van der Waals surface area contributed by atoms with E-state index in [-0.39, 0.29) is 0 Å². The largest absolute Gasteiger partial charge is 0.192 e. The fourth-order valence-electron chi connectivity index (χ4n) is 2.05. The number of hydrogen-bond acceptors (Lipinski definition) is 10. The van der Waals surface area contributed by atoms with Crippen LogP contribution < -0.4 is 0 Å². The van der Waals surface area contributed by atoms with Gasteiger partial charge in [-0.1, -0.05) is 47.0 Å². The Morgan fingerprint density at radius 3 is 1.12 bits per heavy atom. The zero-order chi connectivity index (χ0) is 16.5. The molecule has 0 aromatic carbocycles. The Morgan fingerprint density at radius 2 is 0.875 bits per heavy atom. The quantitative estimate of drug-likeness (QED) is 0.398. The number of hydrogen-bond donors (Lipinski definition) is 0. The number of rotatable bonds is 1. The van der Waals surface area contributed by atoms with E-state index in [4.69, 9.17) is 0 Å². The van der Waals surface area contributed by atoms with Crippen LogP contribution in [0.4, 0.5) is 0 Å². The van der Waals surface area contributed by atoms with Crippen molar-refractivity contribution in [3.63, 3.8) is 0 Å². The molecule has 0 saturated heterocycles. The number of thioether (sulfide) groups is 8. The maximum atomic E-state index is 9.75. The molecule has 0 unspecified atom stereocenters. The van der Waals surface area contributed by atoms with Crippen LogP contribution in [0.1, 0.15) is 0 Å². The molecule has 10 heteroatoms. The van der Waals surface area contributed by atoms with Gasteiger partial charge >= 0.3 is 0 Å². The van der Waals surface area contributed by atoms with Crippen molar-refractivity contribution in [1.29, 1.82) is 10.5 Å². The number of nitriles is 2. The summed E-state index contributed by atoms with van der Waals surface area (Å²) in [5, 5.41) is 19.5. The van der Waals surface area contributed by atoms with E-state index in [0.29, 0.717) is 11.1 Å². The first-order chi connectivity index (χ1) is 11.8. The highest BCUT2D eigenvalue weighted by atomic mass is 32.3. The van der Waals surface area contributed by atoms with Gasteiger partial charge in [0.25, 0.3) is 0 Å². The van der Waals surface area contributed by atoms with Gasteiger partial charge in [-0.2, -0.15) is 10.5 Å². The summed E-state index contributed by atoms with van der Waals surface area (Å²) in [6.07, 6.45) is 0. The fraction of sp³-hybridized carbons (Fsp3) is 0.286. The molecule has 0 saturated carbocycles. The molecule has 4 heterocycles. The molecule has 0 N–H and O–H groups in total. The van der Waals surface area contributed by atoms with Gasteiger partial charge in [-0.3, -0.25) is 0 Å². The van der Waals surface area contributed by atoms with Gasteiger partial charge < -0.3 is 0 Å². The Balaban J connectivity index is 1.66. The van der Waals surface area contributed by atoms with Crippen LogP contribution in [0, 0.1) is 22.7 Å². The molecule has 0 radical (unpaired) electrons. The molecule has 0 spiro atoms. The van der Waals surface area contributed by atoms with Gasteiger partial charge in [0.15, 0.2) is 0 Å². The average molecular weight is 461 g/mol. The van der Waals surface area contributed by atoms with Gasteiger partial charge in [0, 0.05) is 23.0 Å². The molecule has 122 valence electrons. The molecule has 0 aromatic heterocycles. The fourth-order valence-corrected chi connectivity index (χ4v) is 13.9. The highest BCUT2D eigenvalue weighted by Gasteiger charge is 2.32. The van der Waals surface area contributed by atoms with Gasteiger partial charge in [-0.25, -0.2) is 0 Å². The van der Waals surface area contributed by atoms with E-state index >= 15 is 0 Å². The van der Waals surface area contributed by atoms with Crippen molar-refractivity contribution in [2.45, 2.75) is 0 Å². The minimum absolute atomic E-state index is 0.549. The van der Waals surface area contributed by atoms with Crippen molar-refractivity contribution < 1.29 is 0 Å². The number of allylic oxidation sites excluding steroid dienone is 2. The van der Waals surface area contributed by atoms with E-state index in [1.165, 1.54) is 16.9 Å². The van der Waals surface area contributed by atoms with Crippen LogP contribution in [0.25, 0.3) is 0 Å². The van der Waals surface area contributed by atoms with Crippen molar-refractivity contribution in [1.82, 2.24) is 0 Å². The normalized spacial score (nSPS) is 22.9. The molecule has 0 bridgehead atoms. The third kappa shape index (κ3) is 3.59. The standard InChI is InChI=1S/C14H8N2S8/c15-5-7(9-21-11-12(22-9)18-2-1-17-11)8(6-16)10-23-13-14(24-10)20-4-3-19-13/h1-4H2. The summed E-state index contributed by atoms with van der Waals surface area (Å²) in [7, 11) is 0. The maximum absolute atomic E-state index is 9.75. The summed E-state index contributed by atoms with van der Waals surface area (Å²) in [5.41, 5.74) is 1.10. The lowest BCUT2D eigenvalue weighted by Crippen LogP contribution is -1.89. The lowest BCUT2D eigenvalue weighted by Gasteiger charge is -2.08. The Bertz CT molecular complexity index is 700. The zero-order valence-electron chi connectivity index (χ0n) is 12.0. The highest BCUT2D eigenvalue weighted by molar-refractivity contribution is 8.42. The van der Waals surface area contributed by atoms with E-state index in [0.717, 1.165) is 31.5 Å². The minimum Gasteiger partial charge on any atom is -0.192 e. The van der Waals surface area contributed by atoms with Crippen molar-refractivity contribution in [3.8, 4) is 12.1 Å². The Morgan fingerprint density at radius 1 is 0.583 bits per heavy atom. The highest BCUT2D eigenvalue weighted by Crippen LogP contribution is 2.63. The van der Waals surface area contributed by atoms with E-state index < -0.39 is 0 Å². The van der Waals surface area contributed by atoms with E-state index in [9.17, 15) is 10.5 Å². The smallest absolute Gasteiger partial charge is 0.102 e. The van der Waals surface area contributed by atoms with E-state index in [1.807, 2.05) is 47.0 Å². The molecule has 2 nitrogen and oxygen atoms in total. The van der Waals surface area contributed by atoms with E-state index in [1.54, 1.807) is 47.0 Å². The molecule has 4 aliphatic heterocycles. The monoisotopic (exact) mass is 460 g/mol. The van der Waals surface area contributed by atoms with Gasteiger partial charge in [0.1, 0.15) is 12.1 Å². The molecule has 0 atom stereocenters. The molecule has 0 aliphatic carbocycles. The molecule has 0 fully saturated rings. The third-order valence-electron chi connectivity index (χ3n) is 3.06. The van der Waals surface area contributed by atoms with Crippen LogP contribution in [0.15, 0.2) is 36.6 Å². The zero-order valence-corrected chi connectivity index (χ0v) is 18.5. The SMILES string of the molecule is N#CC(=C1SC2=C(SCCS2)S1)C(C#N)=C1SC2=C(SCCS2)S1. The molecular formula is C14H8N2S8. The second kappa shape index (κ2) is 8.18. The molecule has 24 heavy (non-hydrogen) atoms. The van der Waals surface area contributed by atoms with Crippen LogP contribution in [0.3, 0.4) is 0 Å². The van der Waals surface area contributed by atoms with Gasteiger partial charge in [0.05, 0.1) is 36.6 Å². The molecule has 4 aliphatic rings. The summed E-state index contributed by atoms with van der Waals surface area (Å²) >= 11 is 14.1. The minimum atomic E-state index is 0.549. The van der Waals surface area contributed by atoms with Gasteiger partial charge in [0.2, 0.25) is 0 Å². The molecule has 4 rings (SSSR count). The summed E-state index contributed by atoms with van der Waals surface area (Å²) < 4.78 is 7.15. The summed E-state index contributed by atoms with van der Waals surface area (Å²) in [5.74, 6) is 4.48. The number of nitrogens with zero attached hydrogens (tertiary/aromatic N) is 2. The lowest BCUT2D eigenvalue weighted by atomic mass is 10.2. The van der Waals surface area contributed by atoms with E-state index in [2.05, 4.69) is 12.1 Å². The topological polar surface area (TPSA) is 47.6 Å². The Kier molecular flexibility index (Phi) is 6.18. The third-order valence-corrected chi connectivity index (χ3v) is 14.6.